The maximum absolute atomic E-state index is 13.1. The van der Waals surface area contributed by atoms with Crippen LogP contribution in [0.3, 0.4) is 0 Å². The van der Waals surface area contributed by atoms with E-state index < -0.39 is 0 Å². The highest BCUT2D eigenvalue weighted by molar-refractivity contribution is 6.07. The predicted molar refractivity (Wildman–Crippen MR) is 145 cm³/mol. The summed E-state index contributed by atoms with van der Waals surface area (Å²) in [6, 6.07) is 16.8. The lowest BCUT2D eigenvalue weighted by Gasteiger charge is -2.23. The second-order valence-corrected chi connectivity index (χ2v) is 9.72. The van der Waals surface area contributed by atoms with Crippen LogP contribution in [0.2, 0.25) is 0 Å². The number of halogens is 1. The molecule has 1 aliphatic rings. The minimum atomic E-state index is -0.0476. The molecule has 3 aromatic rings. The fourth-order valence-electron chi connectivity index (χ4n) is 4.98. The zero-order valence-electron chi connectivity index (χ0n) is 22.2. The van der Waals surface area contributed by atoms with E-state index in [1.165, 1.54) is 16.7 Å². The zero-order chi connectivity index (χ0) is 25.3. The third-order valence-electron chi connectivity index (χ3n) is 6.59. The van der Waals surface area contributed by atoms with Gasteiger partial charge in [-0.15, -0.1) is 0 Å². The molecule has 1 heterocycles. The molecule has 1 unspecified atom stereocenters. The number of amides is 1. The van der Waals surface area contributed by atoms with Crippen molar-refractivity contribution in [2.45, 2.75) is 48.5 Å². The van der Waals surface area contributed by atoms with E-state index in [1.54, 1.807) is 0 Å². The minimum Gasteiger partial charge on any atom is -1.00 e. The number of quaternary nitrogens is 1. The highest BCUT2D eigenvalue weighted by Gasteiger charge is 2.33. The number of anilines is 3. The molecule has 4 rings (SSSR count). The SMILES string of the molecule is Cc1cc(C)c(NC(=O)C[NH+]2CN(c3c(C)cccc3C)C(Nc3c(C)cccc3C)=N2)c(C)c1.[Cl-]. The van der Waals surface area contributed by atoms with Crippen molar-refractivity contribution in [3.63, 3.8) is 0 Å². The minimum absolute atomic E-state index is 0. The number of aryl methyl sites for hydroxylation is 7. The van der Waals surface area contributed by atoms with Crippen molar-refractivity contribution in [2.24, 2.45) is 5.10 Å². The Balaban J connectivity index is 0.00000361. The van der Waals surface area contributed by atoms with Crippen LogP contribution >= 0.6 is 0 Å². The summed E-state index contributed by atoms with van der Waals surface area (Å²) in [5.74, 6) is 0.707. The summed E-state index contributed by atoms with van der Waals surface area (Å²) in [6.07, 6.45) is 0. The number of carbonyl (C=O) groups excluding carboxylic acids is 1. The molecule has 1 atom stereocenters. The lowest BCUT2D eigenvalue weighted by Crippen LogP contribution is -3.08. The number of guanidine groups is 1. The summed E-state index contributed by atoms with van der Waals surface area (Å²) in [5.41, 5.74) is 11.1. The molecule has 1 aliphatic heterocycles. The van der Waals surface area contributed by atoms with Gasteiger partial charge in [0.05, 0.1) is 5.69 Å². The molecule has 0 bridgehead atoms. The van der Waals surface area contributed by atoms with E-state index in [2.05, 4.69) is 98.7 Å². The van der Waals surface area contributed by atoms with Gasteiger partial charge in [0.15, 0.2) is 13.2 Å². The number of hydrogen-bond donors (Lipinski definition) is 3. The quantitative estimate of drug-likeness (QED) is 0.493. The van der Waals surface area contributed by atoms with Gasteiger partial charge < -0.3 is 23.0 Å². The molecule has 0 saturated heterocycles. The Bertz CT molecular complexity index is 1250. The molecule has 3 aromatic carbocycles. The molecule has 0 radical (unpaired) electrons. The Morgan fingerprint density at radius 3 is 1.92 bits per heavy atom. The number of hydrogen-bond acceptors (Lipinski definition) is 4. The van der Waals surface area contributed by atoms with Crippen molar-refractivity contribution >= 4 is 28.9 Å². The van der Waals surface area contributed by atoms with Crippen molar-refractivity contribution in [1.82, 2.24) is 0 Å². The number of nitrogens with one attached hydrogen (secondary N) is 3. The van der Waals surface area contributed by atoms with E-state index in [0.717, 1.165) is 50.3 Å². The third-order valence-corrected chi connectivity index (χ3v) is 6.59. The van der Waals surface area contributed by atoms with Crippen LogP contribution in [0, 0.1) is 48.5 Å². The predicted octanol–water partition coefficient (Wildman–Crippen LogP) is 1.53. The molecule has 0 aromatic heterocycles. The lowest BCUT2D eigenvalue weighted by molar-refractivity contribution is -0.892. The van der Waals surface area contributed by atoms with E-state index in [0.29, 0.717) is 6.67 Å². The Hall–Kier alpha value is -3.35. The molecule has 1 amide bonds. The highest BCUT2D eigenvalue weighted by Crippen LogP contribution is 2.27. The fourth-order valence-corrected chi connectivity index (χ4v) is 4.98. The second kappa shape index (κ2) is 11.1. The van der Waals surface area contributed by atoms with Crippen molar-refractivity contribution in [2.75, 3.05) is 28.7 Å². The highest BCUT2D eigenvalue weighted by atomic mass is 35.5. The molecule has 0 fully saturated rings. The molecule has 0 saturated carbocycles. The van der Waals surface area contributed by atoms with Crippen LogP contribution in [0.15, 0.2) is 53.6 Å². The maximum Gasteiger partial charge on any atom is 0.282 e. The summed E-state index contributed by atoms with van der Waals surface area (Å²) in [7, 11) is 0. The largest absolute Gasteiger partial charge is 1.00 e. The van der Waals surface area contributed by atoms with Crippen molar-refractivity contribution < 1.29 is 22.2 Å². The van der Waals surface area contributed by atoms with Gasteiger partial charge in [0.25, 0.3) is 11.9 Å². The van der Waals surface area contributed by atoms with Gasteiger partial charge in [0, 0.05) is 11.4 Å². The van der Waals surface area contributed by atoms with E-state index in [4.69, 9.17) is 5.10 Å². The van der Waals surface area contributed by atoms with Crippen LogP contribution in [0.25, 0.3) is 0 Å². The number of para-hydroxylation sites is 2. The first-order chi connectivity index (χ1) is 16.6. The number of rotatable bonds is 5. The normalized spacial score (nSPS) is 14.8. The topological polar surface area (TPSA) is 61.2 Å². The fraction of sp³-hybridized carbons (Fsp3) is 0.310. The van der Waals surface area contributed by atoms with E-state index in [9.17, 15) is 4.79 Å². The van der Waals surface area contributed by atoms with Gasteiger partial charge in [-0.25, -0.2) is 0 Å². The summed E-state index contributed by atoms with van der Waals surface area (Å²) in [5, 5.41) is 12.5. The second-order valence-electron chi connectivity index (χ2n) is 9.72. The van der Waals surface area contributed by atoms with Gasteiger partial charge in [0.2, 0.25) is 0 Å². The van der Waals surface area contributed by atoms with Crippen LogP contribution in [0.4, 0.5) is 17.1 Å². The van der Waals surface area contributed by atoms with Crippen LogP contribution in [0.1, 0.15) is 38.9 Å². The average Bonchev–Trinajstić information content (AvgIpc) is 3.15. The lowest BCUT2D eigenvalue weighted by atomic mass is 10.1. The van der Waals surface area contributed by atoms with Crippen molar-refractivity contribution in [3.05, 3.63) is 87.5 Å². The van der Waals surface area contributed by atoms with Crippen LogP contribution < -0.4 is 32.9 Å². The summed E-state index contributed by atoms with van der Waals surface area (Å²) >= 11 is 0. The van der Waals surface area contributed by atoms with E-state index in [1.807, 2.05) is 13.8 Å². The number of carbonyl (C=O) groups is 1. The molecular weight excluding hydrogens is 470 g/mol. The Morgan fingerprint density at radius 1 is 0.833 bits per heavy atom. The summed E-state index contributed by atoms with van der Waals surface area (Å²) < 4.78 is 0. The standard InChI is InChI=1S/C29H35N5O.ClH/c1-18-14-23(6)27(24(7)15-18)30-25(35)16-33-17-34(28-21(4)12-9-13-22(28)5)29(32-33)31-26-19(2)10-8-11-20(26)3;/h8-15H,16-17H2,1-7H3,(H,30,35)(H,31,32);1H. The summed E-state index contributed by atoms with van der Waals surface area (Å²) in [6.45, 7) is 15.4. The summed E-state index contributed by atoms with van der Waals surface area (Å²) in [4.78, 5) is 15.3. The Labute approximate surface area is 220 Å². The first kappa shape index (κ1) is 27.2. The molecule has 36 heavy (non-hydrogen) atoms. The monoisotopic (exact) mass is 505 g/mol. The average molecular weight is 506 g/mol. The van der Waals surface area contributed by atoms with Gasteiger partial charge in [-0.3, -0.25) is 9.69 Å². The molecule has 190 valence electrons. The molecule has 3 N–H and O–H groups in total. The van der Waals surface area contributed by atoms with E-state index >= 15 is 0 Å². The van der Waals surface area contributed by atoms with Gasteiger partial charge in [-0.2, -0.15) is 5.01 Å². The third kappa shape index (κ3) is 5.72. The zero-order valence-corrected chi connectivity index (χ0v) is 23.0. The molecule has 0 spiro atoms. The van der Waals surface area contributed by atoms with Gasteiger partial charge in [0.1, 0.15) is 0 Å². The van der Waals surface area contributed by atoms with Crippen molar-refractivity contribution in [3.8, 4) is 0 Å². The molecule has 7 heteroatoms. The first-order valence-electron chi connectivity index (χ1n) is 12.1. The number of nitrogens with zero attached hydrogens (tertiary/aromatic N) is 2. The smallest absolute Gasteiger partial charge is 0.282 e. The van der Waals surface area contributed by atoms with Crippen LogP contribution in [0.5, 0.6) is 0 Å². The van der Waals surface area contributed by atoms with Gasteiger partial charge >= 0.3 is 0 Å². The van der Waals surface area contributed by atoms with Crippen molar-refractivity contribution in [1.29, 1.82) is 0 Å². The molecule has 0 aliphatic carbocycles. The van der Waals surface area contributed by atoms with E-state index in [-0.39, 0.29) is 24.9 Å². The number of benzene rings is 3. The molecular formula is C29H36ClN5O. The first-order valence-corrected chi connectivity index (χ1v) is 12.1. The Morgan fingerprint density at radius 2 is 1.36 bits per heavy atom. The molecule has 6 nitrogen and oxygen atoms in total. The van der Waals surface area contributed by atoms with Crippen LogP contribution in [-0.4, -0.2) is 25.1 Å². The maximum atomic E-state index is 13.1. The van der Waals surface area contributed by atoms with Gasteiger partial charge in [-0.05, 0) is 86.9 Å². The van der Waals surface area contributed by atoms with Crippen LogP contribution in [-0.2, 0) is 4.79 Å². The Kier molecular flexibility index (Phi) is 8.43. The van der Waals surface area contributed by atoms with Gasteiger partial charge in [-0.1, -0.05) is 54.1 Å².